The molecule has 1 heterocycles. The van der Waals surface area contributed by atoms with E-state index in [1.54, 1.807) is 10.9 Å². The van der Waals surface area contributed by atoms with Crippen molar-refractivity contribution in [1.82, 2.24) is 9.78 Å². The molecular weight excluding hydrogens is 178 g/mol. The summed E-state index contributed by atoms with van der Waals surface area (Å²) in [6.07, 6.45) is 4.57. The van der Waals surface area contributed by atoms with Gasteiger partial charge in [0.05, 0.1) is 25.0 Å². The summed E-state index contributed by atoms with van der Waals surface area (Å²) >= 11 is 0. The molecule has 0 radical (unpaired) electrons. The third-order valence-electron chi connectivity index (χ3n) is 1.96. The van der Waals surface area contributed by atoms with Crippen molar-refractivity contribution in [3.8, 4) is 0 Å². The second kappa shape index (κ2) is 5.65. The van der Waals surface area contributed by atoms with Gasteiger partial charge in [0, 0.05) is 12.8 Å². The van der Waals surface area contributed by atoms with Crippen molar-refractivity contribution in [1.29, 1.82) is 0 Å². The van der Waals surface area contributed by atoms with Gasteiger partial charge < -0.3 is 10.5 Å². The maximum Gasteiger partial charge on any atom is 0.0719 e. The van der Waals surface area contributed by atoms with Crippen molar-refractivity contribution in [3.05, 3.63) is 12.4 Å². The fourth-order valence-electron chi connectivity index (χ4n) is 1.08. The molecular formula is C10H19N3O. The summed E-state index contributed by atoms with van der Waals surface area (Å²) in [6.45, 7) is 6.69. The van der Waals surface area contributed by atoms with Gasteiger partial charge in [0.15, 0.2) is 0 Å². The Morgan fingerprint density at radius 2 is 2.29 bits per heavy atom. The zero-order chi connectivity index (χ0) is 10.4. The second-order valence-corrected chi connectivity index (χ2v) is 3.83. The molecule has 14 heavy (non-hydrogen) atoms. The van der Waals surface area contributed by atoms with Crippen molar-refractivity contribution in [3.63, 3.8) is 0 Å². The van der Waals surface area contributed by atoms with Crippen molar-refractivity contribution in [2.75, 3.05) is 18.9 Å². The van der Waals surface area contributed by atoms with E-state index in [0.29, 0.717) is 18.2 Å². The van der Waals surface area contributed by atoms with E-state index >= 15 is 0 Å². The molecule has 0 atom stereocenters. The number of nitrogen functional groups attached to an aromatic ring is 1. The third kappa shape index (κ3) is 4.28. The van der Waals surface area contributed by atoms with E-state index in [9.17, 15) is 0 Å². The Balaban J connectivity index is 2.04. The van der Waals surface area contributed by atoms with Gasteiger partial charge >= 0.3 is 0 Å². The van der Waals surface area contributed by atoms with Gasteiger partial charge in [0.2, 0.25) is 0 Å². The lowest BCUT2D eigenvalue weighted by Crippen LogP contribution is -2.08. The van der Waals surface area contributed by atoms with Gasteiger partial charge in [-0.3, -0.25) is 4.68 Å². The van der Waals surface area contributed by atoms with Crippen LogP contribution >= 0.6 is 0 Å². The van der Waals surface area contributed by atoms with Gasteiger partial charge in [-0.1, -0.05) is 13.8 Å². The molecule has 4 nitrogen and oxygen atoms in total. The summed E-state index contributed by atoms with van der Waals surface area (Å²) < 4.78 is 7.25. The molecule has 0 aliphatic carbocycles. The molecule has 0 aliphatic heterocycles. The summed E-state index contributed by atoms with van der Waals surface area (Å²) in [4.78, 5) is 0. The van der Waals surface area contributed by atoms with Crippen molar-refractivity contribution < 1.29 is 4.74 Å². The Labute approximate surface area is 85.0 Å². The minimum Gasteiger partial charge on any atom is -0.396 e. The first kappa shape index (κ1) is 11.0. The van der Waals surface area contributed by atoms with Crippen molar-refractivity contribution in [2.24, 2.45) is 5.92 Å². The van der Waals surface area contributed by atoms with E-state index in [1.165, 1.54) is 0 Å². The van der Waals surface area contributed by atoms with E-state index in [0.717, 1.165) is 19.6 Å². The third-order valence-corrected chi connectivity index (χ3v) is 1.96. The highest BCUT2D eigenvalue weighted by Crippen LogP contribution is 2.00. The molecule has 0 saturated carbocycles. The van der Waals surface area contributed by atoms with Gasteiger partial charge in [-0.05, 0) is 12.3 Å². The summed E-state index contributed by atoms with van der Waals surface area (Å²) in [7, 11) is 0. The molecule has 80 valence electrons. The van der Waals surface area contributed by atoms with Crippen LogP contribution in [0.4, 0.5) is 5.69 Å². The number of rotatable bonds is 6. The molecule has 2 N–H and O–H groups in total. The Bertz CT molecular complexity index is 258. The van der Waals surface area contributed by atoms with Crippen LogP contribution in [-0.2, 0) is 11.3 Å². The van der Waals surface area contributed by atoms with Crippen LogP contribution in [0.1, 0.15) is 20.3 Å². The highest BCUT2D eigenvalue weighted by atomic mass is 16.5. The summed E-state index contributed by atoms with van der Waals surface area (Å²) in [5, 5.41) is 4.06. The standard InChI is InChI=1S/C10H19N3O/c1-9(2)3-5-14-6-4-13-8-10(11)7-12-13/h7-9H,3-6,11H2,1-2H3. The van der Waals surface area contributed by atoms with Gasteiger partial charge in [0.1, 0.15) is 0 Å². The minimum absolute atomic E-state index is 0.701. The lowest BCUT2D eigenvalue weighted by molar-refractivity contribution is 0.114. The minimum atomic E-state index is 0.701. The maximum atomic E-state index is 5.52. The van der Waals surface area contributed by atoms with Crippen LogP contribution in [0.3, 0.4) is 0 Å². The normalized spacial score (nSPS) is 11.1. The maximum absolute atomic E-state index is 5.52. The Morgan fingerprint density at radius 3 is 2.86 bits per heavy atom. The van der Waals surface area contributed by atoms with Crippen LogP contribution in [0, 0.1) is 5.92 Å². The average molecular weight is 197 g/mol. The Morgan fingerprint density at radius 1 is 1.50 bits per heavy atom. The number of ether oxygens (including phenoxy) is 1. The molecule has 0 amide bonds. The molecule has 0 unspecified atom stereocenters. The predicted octanol–water partition coefficient (Wildman–Crippen LogP) is 1.53. The van der Waals surface area contributed by atoms with Gasteiger partial charge in [-0.15, -0.1) is 0 Å². The fraction of sp³-hybridized carbons (Fsp3) is 0.700. The largest absolute Gasteiger partial charge is 0.396 e. The lowest BCUT2D eigenvalue weighted by atomic mass is 10.1. The summed E-state index contributed by atoms with van der Waals surface area (Å²) in [5.74, 6) is 0.704. The number of hydrogen-bond donors (Lipinski definition) is 1. The number of hydrogen-bond acceptors (Lipinski definition) is 3. The van der Waals surface area contributed by atoms with E-state index in [-0.39, 0.29) is 0 Å². The first-order valence-corrected chi connectivity index (χ1v) is 5.04. The average Bonchev–Trinajstić information content (AvgIpc) is 2.50. The molecule has 0 saturated heterocycles. The van der Waals surface area contributed by atoms with Gasteiger partial charge in [0.25, 0.3) is 0 Å². The zero-order valence-corrected chi connectivity index (χ0v) is 8.94. The van der Waals surface area contributed by atoms with E-state index in [2.05, 4.69) is 18.9 Å². The first-order valence-electron chi connectivity index (χ1n) is 5.04. The van der Waals surface area contributed by atoms with Crippen molar-refractivity contribution >= 4 is 5.69 Å². The molecule has 0 spiro atoms. The highest BCUT2D eigenvalue weighted by molar-refractivity contribution is 5.30. The Kier molecular flexibility index (Phi) is 4.46. The van der Waals surface area contributed by atoms with Crippen LogP contribution < -0.4 is 5.73 Å². The molecule has 0 aliphatic rings. The van der Waals surface area contributed by atoms with Gasteiger partial charge in [-0.25, -0.2) is 0 Å². The number of aromatic nitrogens is 2. The van der Waals surface area contributed by atoms with Gasteiger partial charge in [-0.2, -0.15) is 5.10 Å². The topological polar surface area (TPSA) is 53.1 Å². The summed E-state index contributed by atoms with van der Waals surface area (Å²) in [6, 6.07) is 0. The SMILES string of the molecule is CC(C)CCOCCn1cc(N)cn1. The molecule has 0 aromatic carbocycles. The highest BCUT2D eigenvalue weighted by Gasteiger charge is 1.96. The van der Waals surface area contributed by atoms with Crippen LogP contribution in [0.15, 0.2) is 12.4 Å². The molecule has 1 aromatic rings. The molecule has 0 fully saturated rings. The number of nitrogens with two attached hydrogens (primary N) is 1. The van der Waals surface area contributed by atoms with Crippen molar-refractivity contribution in [2.45, 2.75) is 26.8 Å². The zero-order valence-electron chi connectivity index (χ0n) is 8.94. The number of nitrogens with zero attached hydrogens (tertiary/aromatic N) is 2. The molecule has 1 aromatic heterocycles. The number of anilines is 1. The van der Waals surface area contributed by atoms with Crippen LogP contribution in [0.25, 0.3) is 0 Å². The fourth-order valence-corrected chi connectivity index (χ4v) is 1.08. The molecule has 0 bridgehead atoms. The smallest absolute Gasteiger partial charge is 0.0719 e. The first-order chi connectivity index (χ1) is 6.68. The quantitative estimate of drug-likeness (QED) is 0.704. The van der Waals surface area contributed by atoms with Crippen LogP contribution in [-0.4, -0.2) is 23.0 Å². The lowest BCUT2D eigenvalue weighted by Gasteiger charge is -2.06. The molecule has 4 heteroatoms. The van der Waals surface area contributed by atoms with Crippen LogP contribution in [0.5, 0.6) is 0 Å². The predicted molar refractivity (Wildman–Crippen MR) is 56.9 cm³/mol. The van der Waals surface area contributed by atoms with Crippen LogP contribution in [0.2, 0.25) is 0 Å². The van der Waals surface area contributed by atoms with E-state index in [4.69, 9.17) is 10.5 Å². The summed E-state index contributed by atoms with van der Waals surface area (Å²) in [5.41, 5.74) is 6.23. The second-order valence-electron chi connectivity index (χ2n) is 3.83. The molecule has 1 rings (SSSR count). The Hall–Kier alpha value is -1.03. The monoisotopic (exact) mass is 197 g/mol. The van der Waals surface area contributed by atoms with E-state index in [1.807, 2.05) is 6.20 Å². The van der Waals surface area contributed by atoms with E-state index < -0.39 is 0 Å².